The summed E-state index contributed by atoms with van der Waals surface area (Å²) in [6, 6.07) is 5.98. The van der Waals surface area contributed by atoms with Crippen LogP contribution in [0.25, 0.3) is 0 Å². The maximum absolute atomic E-state index is 10.9. The zero-order valence-corrected chi connectivity index (χ0v) is 9.11. The van der Waals surface area contributed by atoms with Gasteiger partial charge in [-0.3, -0.25) is 4.79 Å². The molecule has 0 fully saturated rings. The first-order valence-electron chi connectivity index (χ1n) is 5.44. The van der Waals surface area contributed by atoms with E-state index in [0.717, 1.165) is 24.3 Å². The van der Waals surface area contributed by atoms with E-state index >= 15 is 0 Å². The molecule has 0 radical (unpaired) electrons. The van der Waals surface area contributed by atoms with Gasteiger partial charge >= 0.3 is 0 Å². The lowest BCUT2D eigenvalue weighted by molar-refractivity contribution is -0.118. The van der Waals surface area contributed by atoms with Gasteiger partial charge in [0.05, 0.1) is 6.61 Å². The fraction of sp³-hybridized carbons (Fsp3) is 0.417. The molecule has 1 aliphatic heterocycles. The van der Waals surface area contributed by atoms with Crippen molar-refractivity contribution in [1.29, 1.82) is 0 Å². The summed E-state index contributed by atoms with van der Waals surface area (Å²) < 4.78 is 5.43. The minimum absolute atomic E-state index is 0.0170. The van der Waals surface area contributed by atoms with E-state index in [-0.39, 0.29) is 11.8 Å². The highest BCUT2D eigenvalue weighted by Crippen LogP contribution is 2.29. The largest absolute Gasteiger partial charge is 0.493 e. The van der Waals surface area contributed by atoms with Gasteiger partial charge in [-0.05, 0) is 23.7 Å². The highest BCUT2D eigenvalue weighted by Gasteiger charge is 2.17. The van der Waals surface area contributed by atoms with Gasteiger partial charge < -0.3 is 16.2 Å². The van der Waals surface area contributed by atoms with Crippen LogP contribution in [0.15, 0.2) is 18.2 Å². The third kappa shape index (κ3) is 2.17. The Balaban J connectivity index is 2.21. The third-order valence-corrected chi connectivity index (χ3v) is 2.92. The number of rotatable bonds is 4. The molecule has 0 aliphatic carbocycles. The first-order chi connectivity index (χ1) is 7.70. The van der Waals surface area contributed by atoms with Crippen LogP contribution in [-0.4, -0.2) is 19.1 Å². The molecule has 0 saturated heterocycles. The molecule has 1 aliphatic rings. The average Bonchev–Trinajstić information content (AvgIpc) is 2.72. The van der Waals surface area contributed by atoms with Gasteiger partial charge in [-0.2, -0.15) is 0 Å². The predicted molar refractivity (Wildman–Crippen MR) is 61.2 cm³/mol. The van der Waals surface area contributed by atoms with Gasteiger partial charge in [0.15, 0.2) is 0 Å². The number of carbonyl (C=O) groups excluding carboxylic acids is 1. The molecule has 86 valence electrons. The van der Waals surface area contributed by atoms with E-state index in [9.17, 15) is 4.79 Å². The molecule has 1 aromatic rings. The second-order valence-electron chi connectivity index (χ2n) is 4.07. The van der Waals surface area contributed by atoms with Gasteiger partial charge in [-0.15, -0.1) is 0 Å². The van der Waals surface area contributed by atoms with E-state index in [2.05, 4.69) is 6.07 Å². The molecule has 1 heterocycles. The Hall–Kier alpha value is -1.55. The van der Waals surface area contributed by atoms with E-state index in [4.69, 9.17) is 16.2 Å². The highest BCUT2D eigenvalue weighted by molar-refractivity contribution is 5.74. The summed E-state index contributed by atoms with van der Waals surface area (Å²) >= 11 is 0. The molecule has 0 bridgehead atoms. The predicted octanol–water partition coefficient (Wildman–Crippen LogP) is 0.539. The van der Waals surface area contributed by atoms with E-state index in [0.29, 0.717) is 13.0 Å². The van der Waals surface area contributed by atoms with E-state index in [1.807, 2.05) is 12.1 Å². The molecule has 4 nitrogen and oxygen atoms in total. The number of benzene rings is 1. The molecule has 2 rings (SSSR count). The Morgan fingerprint density at radius 2 is 2.31 bits per heavy atom. The van der Waals surface area contributed by atoms with Crippen LogP contribution in [0, 0.1) is 0 Å². The van der Waals surface area contributed by atoms with Crippen molar-refractivity contribution in [3.05, 3.63) is 29.3 Å². The number of hydrogen-bond donors (Lipinski definition) is 2. The second-order valence-corrected chi connectivity index (χ2v) is 4.07. The summed E-state index contributed by atoms with van der Waals surface area (Å²) in [4.78, 5) is 10.9. The van der Waals surface area contributed by atoms with E-state index in [1.54, 1.807) is 0 Å². The molecule has 0 aromatic heterocycles. The van der Waals surface area contributed by atoms with Crippen LogP contribution in [0.3, 0.4) is 0 Å². The normalized spacial score (nSPS) is 15.3. The van der Waals surface area contributed by atoms with E-state index in [1.165, 1.54) is 5.56 Å². The van der Waals surface area contributed by atoms with Crippen LogP contribution < -0.4 is 16.2 Å². The smallest absolute Gasteiger partial charge is 0.218 e. The Bertz CT molecular complexity index is 404. The SMILES string of the molecule is NCC(CC(N)=O)c1ccc2c(c1)CCO2. The molecule has 1 atom stereocenters. The number of hydrogen-bond acceptors (Lipinski definition) is 3. The molecule has 4 heteroatoms. The third-order valence-electron chi connectivity index (χ3n) is 2.92. The lowest BCUT2D eigenvalue weighted by Gasteiger charge is -2.14. The fourth-order valence-electron chi connectivity index (χ4n) is 2.04. The fourth-order valence-corrected chi connectivity index (χ4v) is 2.04. The first-order valence-corrected chi connectivity index (χ1v) is 5.44. The minimum Gasteiger partial charge on any atom is -0.493 e. The molecule has 1 aromatic carbocycles. The van der Waals surface area contributed by atoms with Crippen molar-refractivity contribution in [3.63, 3.8) is 0 Å². The molecule has 16 heavy (non-hydrogen) atoms. The maximum atomic E-state index is 10.9. The number of carbonyl (C=O) groups is 1. The Morgan fingerprint density at radius 1 is 1.50 bits per heavy atom. The standard InChI is InChI=1S/C12H16N2O2/c13-7-10(6-12(14)15)8-1-2-11-9(5-8)3-4-16-11/h1-2,5,10H,3-4,6-7,13H2,(H2,14,15). The summed E-state index contributed by atoms with van der Waals surface area (Å²) in [5.41, 5.74) is 13.1. The Morgan fingerprint density at radius 3 is 3.00 bits per heavy atom. The quantitative estimate of drug-likeness (QED) is 0.777. The monoisotopic (exact) mass is 220 g/mol. The molecule has 0 spiro atoms. The van der Waals surface area contributed by atoms with Gasteiger partial charge in [0.2, 0.25) is 5.91 Å². The van der Waals surface area contributed by atoms with Crippen LogP contribution in [0.4, 0.5) is 0 Å². The summed E-state index contributed by atoms with van der Waals surface area (Å²) in [5.74, 6) is 0.647. The Labute approximate surface area is 94.6 Å². The van der Waals surface area contributed by atoms with Crippen molar-refractivity contribution < 1.29 is 9.53 Å². The van der Waals surface area contributed by atoms with Crippen molar-refractivity contribution in [2.24, 2.45) is 11.5 Å². The van der Waals surface area contributed by atoms with Crippen molar-refractivity contribution in [1.82, 2.24) is 0 Å². The molecular weight excluding hydrogens is 204 g/mol. The summed E-state index contributed by atoms with van der Waals surface area (Å²) in [7, 11) is 0. The van der Waals surface area contributed by atoms with Crippen LogP contribution in [0.5, 0.6) is 5.75 Å². The van der Waals surface area contributed by atoms with Crippen LogP contribution in [0.1, 0.15) is 23.5 Å². The van der Waals surface area contributed by atoms with Crippen molar-refractivity contribution in [2.75, 3.05) is 13.2 Å². The number of fused-ring (bicyclic) bond motifs is 1. The minimum atomic E-state index is -0.313. The van der Waals surface area contributed by atoms with Gasteiger partial charge in [0.1, 0.15) is 5.75 Å². The molecule has 4 N–H and O–H groups in total. The van der Waals surface area contributed by atoms with Gasteiger partial charge in [0, 0.05) is 18.8 Å². The second kappa shape index (κ2) is 4.53. The van der Waals surface area contributed by atoms with Gasteiger partial charge in [0.25, 0.3) is 0 Å². The van der Waals surface area contributed by atoms with Crippen molar-refractivity contribution >= 4 is 5.91 Å². The number of ether oxygens (including phenoxy) is 1. The van der Waals surface area contributed by atoms with E-state index < -0.39 is 0 Å². The molecule has 0 saturated carbocycles. The molecule has 1 amide bonds. The van der Waals surface area contributed by atoms with Gasteiger partial charge in [-0.1, -0.05) is 12.1 Å². The number of primary amides is 1. The van der Waals surface area contributed by atoms with Gasteiger partial charge in [-0.25, -0.2) is 0 Å². The van der Waals surface area contributed by atoms with Crippen molar-refractivity contribution in [3.8, 4) is 5.75 Å². The maximum Gasteiger partial charge on any atom is 0.218 e. The lowest BCUT2D eigenvalue weighted by atomic mass is 9.93. The number of amides is 1. The molecular formula is C12H16N2O2. The number of nitrogens with two attached hydrogens (primary N) is 2. The zero-order chi connectivity index (χ0) is 11.5. The summed E-state index contributed by atoms with van der Waals surface area (Å²) in [6.45, 7) is 1.17. The van der Waals surface area contributed by atoms with Crippen LogP contribution in [0.2, 0.25) is 0 Å². The summed E-state index contributed by atoms with van der Waals surface area (Å²) in [5, 5.41) is 0. The topological polar surface area (TPSA) is 78.3 Å². The zero-order valence-electron chi connectivity index (χ0n) is 9.11. The lowest BCUT2D eigenvalue weighted by Crippen LogP contribution is -2.21. The molecule has 1 unspecified atom stereocenters. The highest BCUT2D eigenvalue weighted by atomic mass is 16.5. The Kier molecular flexibility index (Phi) is 3.10. The van der Waals surface area contributed by atoms with Crippen LogP contribution >= 0.6 is 0 Å². The van der Waals surface area contributed by atoms with Crippen molar-refractivity contribution in [2.45, 2.75) is 18.8 Å². The van der Waals surface area contributed by atoms with Crippen LogP contribution in [-0.2, 0) is 11.2 Å². The summed E-state index contributed by atoms with van der Waals surface area (Å²) in [6.07, 6.45) is 1.23. The average molecular weight is 220 g/mol. The first kappa shape index (κ1) is 11.0.